The Morgan fingerprint density at radius 2 is 2.29 bits per heavy atom. The van der Waals surface area contributed by atoms with Crippen LogP contribution in [0.25, 0.3) is 0 Å². The normalized spacial score (nSPS) is 17.7. The van der Waals surface area contributed by atoms with Crippen LogP contribution in [0.3, 0.4) is 0 Å². The monoisotopic (exact) mass is 315 g/mol. The molecule has 2 unspecified atom stereocenters. The van der Waals surface area contributed by atoms with Gasteiger partial charge in [0.25, 0.3) is 5.91 Å². The van der Waals surface area contributed by atoms with Crippen LogP contribution in [-0.4, -0.2) is 37.7 Å². The van der Waals surface area contributed by atoms with Crippen LogP contribution in [0.15, 0.2) is 18.2 Å². The van der Waals surface area contributed by atoms with Crippen molar-refractivity contribution < 1.29 is 19.1 Å². The number of halogens is 1. The number of nitrogens with one attached hydrogen (secondary N) is 2. The molecule has 1 aliphatic heterocycles. The summed E-state index contributed by atoms with van der Waals surface area (Å²) in [5.74, 6) is -0.0171. The molecule has 8 heteroatoms. The summed E-state index contributed by atoms with van der Waals surface area (Å²) in [6.45, 7) is 1.80. The molecule has 0 aromatic heterocycles. The minimum atomic E-state index is -0.748. The predicted octanol–water partition coefficient (Wildman–Crippen LogP) is 0.740. The highest BCUT2D eigenvalue weighted by atomic mass is 35.5. The maximum atomic E-state index is 11.8. The van der Waals surface area contributed by atoms with Crippen LogP contribution < -0.4 is 21.1 Å². The second-order valence-corrected chi connectivity index (χ2v) is 4.51. The van der Waals surface area contributed by atoms with Gasteiger partial charge in [0.2, 0.25) is 5.91 Å². The van der Waals surface area contributed by atoms with E-state index in [0.29, 0.717) is 17.1 Å². The molecular formula is C13H18ClN3O4. The minimum Gasteiger partial charge on any atom is -0.479 e. The van der Waals surface area contributed by atoms with Gasteiger partial charge in [0, 0.05) is 12.8 Å². The van der Waals surface area contributed by atoms with Crippen molar-refractivity contribution in [3.05, 3.63) is 18.2 Å². The van der Waals surface area contributed by atoms with E-state index in [-0.39, 0.29) is 30.8 Å². The fourth-order valence-corrected chi connectivity index (χ4v) is 1.78. The Labute approximate surface area is 128 Å². The number of rotatable bonds is 4. The number of anilines is 2. The highest BCUT2D eigenvalue weighted by Gasteiger charge is 2.24. The average molecular weight is 316 g/mol. The topological polar surface area (TPSA) is 103 Å². The number of carbonyl (C=O) groups is 2. The van der Waals surface area contributed by atoms with E-state index in [0.717, 1.165) is 0 Å². The zero-order valence-corrected chi connectivity index (χ0v) is 12.5. The van der Waals surface area contributed by atoms with Crippen LogP contribution in [0.1, 0.15) is 6.92 Å². The number of nitrogens with two attached hydrogens (primary N) is 1. The molecule has 2 rings (SSSR count). The summed E-state index contributed by atoms with van der Waals surface area (Å²) >= 11 is 0. The standard InChI is InChI=1S/C13H17N3O4.ClH/c1-7-12(17)16-10-5-8(3-4-11(10)20-7)15-13(18)9(14)6-19-2;/h3-5,7,9H,6,14H2,1-2H3,(H,15,18)(H,16,17);1H. The maximum Gasteiger partial charge on any atom is 0.265 e. The minimum absolute atomic E-state index is 0. The van der Waals surface area contributed by atoms with Gasteiger partial charge >= 0.3 is 0 Å². The van der Waals surface area contributed by atoms with E-state index in [1.807, 2.05) is 0 Å². The van der Waals surface area contributed by atoms with Crippen molar-refractivity contribution in [3.8, 4) is 5.75 Å². The molecule has 1 aliphatic rings. The largest absolute Gasteiger partial charge is 0.479 e. The quantitative estimate of drug-likeness (QED) is 0.760. The van der Waals surface area contributed by atoms with Gasteiger partial charge in [-0.2, -0.15) is 0 Å². The summed E-state index contributed by atoms with van der Waals surface area (Å²) in [5.41, 5.74) is 6.67. The first-order valence-electron chi connectivity index (χ1n) is 6.18. The van der Waals surface area contributed by atoms with Crippen molar-refractivity contribution in [2.24, 2.45) is 5.73 Å². The van der Waals surface area contributed by atoms with Crippen molar-refractivity contribution in [2.75, 3.05) is 24.4 Å². The number of amides is 2. The molecule has 0 fully saturated rings. The highest BCUT2D eigenvalue weighted by Crippen LogP contribution is 2.32. The van der Waals surface area contributed by atoms with Crippen molar-refractivity contribution in [3.63, 3.8) is 0 Å². The van der Waals surface area contributed by atoms with E-state index in [4.69, 9.17) is 15.2 Å². The summed E-state index contributed by atoms with van der Waals surface area (Å²) in [6.07, 6.45) is -0.530. The molecule has 1 aromatic carbocycles. The van der Waals surface area contributed by atoms with E-state index >= 15 is 0 Å². The van der Waals surface area contributed by atoms with Gasteiger partial charge in [0.1, 0.15) is 11.8 Å². The molecular weight excluding hydrogens is 298 g/mol. The van der Waals surface area contributed by atoms with E-state index < -0.39 is 12.1 Å². The van der Waals surface area contributed by atoms with E-state index in [2.05, 4.69) is 10.6 Å². The molecule has 0 aliphatic carbocycles. The third-order valence-corrected chi connectivity index (χ3v) is 2.86. The maximum absolute atomic E-state index is 11.8. The molecule has 2 atom stereocenters. The molecule has 116 valence electrons. The van der Waals surface area contributed by atoms with E-state index in [1.165, 1.54) is 7.11 Å². The molecule has 21 heavy (non-hydrogen) atoms. The number of carbonyl (C=O) groups excluding carboxylic acids is 2. The molecule has 1 heterocycles. The summed E-state index contributed by atoms with van der Waals surface area (Å²) in [6, 6.07) is 4.24. The Balaban J connectivity index is 0.00000220. The van der Waals surface area contributed by atoms with Crippen molar-refractivity contribution in [1.29, 1.82) is 0 Å². The number of fused-ring (bicyclic) bond motifs is 1. The van der Waals surface area contributed by atoms with Gasteiger partial charge in [-0.05, 0) is 25.1 Å². The second kappa shape index (κ2) is 7.26. The molecule has 7 nitrogen and oxygen atoms in total. The summed E-state index contributed by atoms with van der Waals surface area (Å²) in [7, 11) is 1.47. The molecule has 0 spiro atoms. The average Bonchev–Trinajstić information content (AvgIpc) is 2.40. The zero-order valence-electron chi connectivity index (χ0n) is 11.7. The van der Waals surface area contributed by atoms with E-state index in [9.17, 15) is 9.59 Å². The lowest BCUT2D eigenvalue weighted by atomic mass is 10.2. The molecule has 2 amide bonds. The second-order valence-electron chi connectivity index (χ2n) is 4.51. The Morgan fingerprint density at radius 1 is 1.57 bits per heavy atom. The van der Waals surface area contributed by atoms with Crippen molar-refractivity contribution in [1.82, 2.24) is 0 Å². The lowest BCUT2D eigenvalue weighted by Crippen LogP contribution is -2.39. The highest BCUT2D eigenvalue weighted by molar-refractivity contribution is 5.99. The van der Waals surface area contributed by atoms with Gasteiger partial charge in [-0.3, -0.25) is 9.59 Å². The smallest absolute Gasteiger partial charge is 0.265 e. The molecule has 0 bridgehead atoms. The lowest BCUT2D eigenvalue weighted by Gasteiger charge is -2.23. The van der Waals surface area contributed by atoms with Gasteiger partial charge < -0.3 is 25.8 Å². The third-order valence-electron chi connectivity index (χ3n) is 2.86. The van der Waals surface area contributed by atoms with Gasteiger partial charge in [-0.1, -0.05) is 0 Å². The van der Waals surface area contributed by atoms with Crippen LogP contribution >= 0.6 is 12.4 Å². The predicted molar refractivity (Wildman–Crippen MR) is 80.9 cm³/mol. The zero-order chi connectivity index (χ0) is 14.7. The summed E-state index contributed by atoms with van der Waals surface area (Å²) in [4.78, 5) is 23.3. The van der Waals surface area contributed by atoms with Crippen LogP contribution in [0, 0.1) is 0 Å². The first-order chi connectivity index (χ1) is 9.51. The Kier molecular flexibility index (Phi) is 5.95. The molecule has 0 radical (unpaired) electrons. The molecule has 1 aromatic rings. The Bertz CT molecular complexity index is 538. The van der Waals surface area contributed by atoms with Gasteiger partial charge in [0.15, 0.2) is 6.10 Å². The van der Waals surface area contributed by atoms with Crippen LogP contribution in [0.2, 0.25) is 0 Å². The van der Waals surface area contributed by atoms with Crippen LogP contribution in [0.4, 0.5) is 11.4 Å². The number of hydrogen-bond acceptors (Lipinski definition) is 5. The van der Waals surface area contributed by atoms with Crippen LogP contribution in [-0.2, 0) is 14.3 Å². The van der Waals surface area contributed by atoms with Gasteiger partial charge in [-0.15, -0.1) is 12.4 Å². The molecule has 0 saturated heterocycles. The number of methoxy groups -OCH3 is 1. The Hall–Kier alpha value is -1.83. The lowest BCUT2D eigenvalue weighted by molar-refractivity contribution is -0.122. The van der Waals surface area contributed by atoms with E-state index in [1.54, 1.807) is 25.1 Å². The third kappa shape index (κ3) is 4.07. The van der Waals surface area contributed by atoms with Gasteiger partial charge in [-0.25, -0.2) is 0 Å². The molecule has 4 N–H and O–H groups in total. The summed E-state index contributed by atoms with van der Waals surface area (Å²) < 4.78 is 10.2. The van der Waals surface area contributed by atoms with Crippen LogP contribution in [0.5, 0.6) is 5.75 Å². The first-order valence-corrected chi connectivity index (χ1v) is 6.18. The number of benzene rings is 1. The fourth-order valence-electron chi connectivity index (χ4n) is 1.78. The SMILES string of the molecule is COCC(N)C(=O)Nc1ccc2c(c1)NC(=O)C(C)O2.Cl. The first kappa shape index (κ1) is 17.2. The van der Waals surface area contributed by atoms with Gasteiger partial charge in [0.05, 0.1) is 12.3 Å². The molecule has 0 saturated carbocycles. The van der Waals surface area contributed by atoms with Crippen molar-refractivity contribution in [2.45, 2.75) is 19.1 Å². The fraction of sp³-hybridized carbons (Fsp3) is 0.385. The number of hydrogen-bond donors (Lipinski definition) is 3. The Morgan fingerprint density at radius 3 is 2.95 bits per heavy atom. The summed E-state index contributed by atoms with van der Waals surface area (Å²) in [5, 5.41) is 5.36. The van der Waals surface area contributed by atoms with Crippen molar-refractivity contribution >= 4 is 35.6 Å². The number of ether oxygens (including phenoxy) is 2.